The third-order valence-electron chi connectivity index (χ3n) is 4.11. The number of allylic oxidation sites excluding steroid dienone is 2. The summed E-state index contributed by atoms with van der Waals surface area (Å²) in [5.74, 6) is -0.0305. The summed E-state index contributed by atoms with van der Waals surface area (Å²) < 4.78 is 5.06. The van der Waals surface area contributed by atoms with Crippen LogP contribution in [0.1, 0.15) is 110 Å². The Morgan fingerprint density at radius 3 is 1.78 bits per heavy atom. The van der Waals surface area contributed by atoms with Crippen molar-refractivity contribution in [3.8, 4) is 0 Å². The molecule has 0 N–H and O–H groups in total. The molecule has 0 saturated carbocycles. The van der Waals surface area contributed by atoms with Crippen molar-refractivity contribution in [1.82, 2.24) is 0 Å². The molecule has 0 heterocycles. The van der Waals surface area contributed by atoms with E-state index in [0.29, 0.717) is 13.0 Å². The first kappa shape index (κ1) is 22.2. The molecule has 136 valence electrons. The van der Waals surface area contributed by atoms with Crippen LogP contribution in [0, 0.1) is 0 Å². The quantitative estimate of drug-likeness (QED) is 0.164. The van der Waals surface area contributed by atoms with Crippen molar-refractivity contribution in [2.24, 2.45) is 0 Å². The molecule has 0 rings (SSSR count). The van der Waals surface area contributed by atoms with Gasteiger partial charge in [-0.1, -0.05) is 77.4 Å². The minimum Gasteiger partial charge on any atom is -0.466 e. The largest absolute Gasteiger partial charge is 0.466 e. The predicted molar refractivity (Wildman–Crippen MR) is 101 cm³/mol. The Morgan fingerprint density at radius 1 is 0.696 bits per heavy atom. The number of unbranched alkanes of at least 4 members (excludes halogenated alkanes) is 11. The van der Waals surface area contributed by atoms with Gasteiger partial charge >= 0.3 is 5.97 Å². The Morgan fingerprint density at radius 2 is 1.22 bits per heavy atom. The normalized spacial score (nSPS) is 11.2. The number of rotatable bonds is 17. The third kappa shape index (κ3) is 19.2. The van der Waals surface area contributed by atoms with E-state index in [1.54, 1.807) is 0 Å². The fourth-order valence-electron chi connectivity index (χ4n) is 2.63. The first-order valence-electron chi connectivity index (χ1n) is 10.1. The zero-order valence-corrected chi connectivity index (χ0v) is 15.8. The summed E-state index contributed by atoms with van der Waals surface area (Å²) in [4.78, 5) is 11.3. The Kier molecular flexibility index (Phi) is 18.6. The molecular weight excluding hydrogens is 284 g/mol. The van der Waals surface area contributed by atoms with Gasteiger partial charge in [0.05, 0.1) is 6.61 Å². The average molecular weight is 325 g/mol. The summed E-state index contributed by atoms with van der Waals surface area (Å²) >= 11 is 0. The van der Waals surface area contributed by atoms with Gasteiger partial charge in [0.1, 0.15) is 0 Å². The fourth-order valence-corrected chi connectivity index (χ4v) is 2.63. The Labute approximate surface area is 145 Å². The number of esters is 1. The lowest BCUT2D eigenvalue weighted by atomic mass is 10.1. The summed E-state index contributed by atoms with van der Waals surface area (Å²) in [5, 5.41) is 0. The molecule has 0 radical (unpaired) electrons. The monoisotopic (exact) mass is 324 g/mol. The number of hydrogen-bond donors (Lipinski definition) is 0. The molecule has 0 spiro atoms. The first-order valence-corrected chi connectivity index (χ1v) is 10.1. The summed E-state index contributed by atoms with van der Waals surface area (Å²) in [6, 6.07) is 0. The molecule has 0 bridgehead atoms. The van der Waals surface area contributed by atoms with Crippen molar-refractivity contribution in [2.75, 3.05) is 6.61 Å². The van der Waals surface area contributed by atoms with E-state index in [-0.39, 0.29) is 5.97 Å². The molecule has 0 aliphatic carbocycles. The maximum absolute atomic E-state index is 11.3. The van der Waals surface area contributed by atoms with E-state index in [4.69, 9.17) is 4.74 Å². The van der Waals surface area contributed by atoms with Crippen LogP contribution >= 0.6 is 0 Å². The molecule has 2 heteroatoms. The van der Waals surface area contributed by atoms with Crippen LogP contribution < -0.4 is 0 Å². The van der Waals surface area contributed by atoms with Crippen molar-refractivity contribution in [1.29, 1.82) is 0 Å². The van der Waals surface area contributed by atoms with Crippen LogP contribution in [0.2, 0.25) is 0 Å². The number of hydrogen-bond acceptors (Lipinski definition) is 2. The summed E-state index contributed by atoms with van der Waals surface area (Å²) in [5.41, 5.74) is 0. The van der Waals surface area contributed by atoms with Crippen LogP contribution in [0.4, 0.5) is 0 Å². The highest BCUT2D eigenvalue weighted by atomic mass is 16.5. The van der Waals surface area contributed by atoms with Crippen molar-refractivity contribution >= 4 is 5.97 Å². The van der Waals surface area contributed by atoms with Crippen molar-refractivity contribution in [3.05, 3.63) is 12.2 Å². The van der Waals surface area contributed by atoms with E-state index in [9.17, 15) is 4.79 Å². The topological polar surface area (TPSA) is 26.3 Å². The van der Waals surface area contributed by atoms with Gasteiger partial charge in [-0.05, 0) is 38.5 Å². The number of ether oxygens (including phenoxy) is 1. The molecular formula is C21H40O2. The minimum atomic E-state index is -0.0305. The van der Waals surface area contributed by atoms with Gasteiger partial charge < -0.3 is 4.74 Å². The summed E-state index contributed by atoms with van der Waals surface area (Å²) in [6.45, 7) is 4.86. The molecule has 0 aliphatic heterocycles. The maximum atomic E-state index is 11.3. The molecule has 0 amide bonds. The lowest BCUT2D eigenvalue weighted by Crippen LogP contribution is -2.04. The van der Waals surface area contributed by atoms with Crippen LogP contribution in [-0.4, -0.2) is 12.6 Å². The van der Waals surface area contributed by atoms with Gasteiger partial charge in [-0.15, -0.1) is 0 Å². The van der Waals surface area contributed by atoms with Crippen LogP contribution in [-0.2, 0) is 9.53 Å². The first-order chi connectivity index (χ1) is 11.3. The molecule has 2 nitrogen and oxygen atoms in total. The fraction of sp³-hybridized carbons (Fsp3) is 0.857. The molecule has 0 atom stereocenters. The molecule has 23 heavy (non-hydrogen) atoms. The molecule has 0 fully saturated rings. The predicted octanol–water partition coefficient (Wildman–Crippen LogP) is 6.98. The second kappa shape index (κ2) is 19.3. The van der Waals surface area contributed by atoms with E-state index >= 15 is 0 Å². The van der Waals surface area contributed by atoms with Gasteiger partial charge in [-0.2, -0.15) is 0 Å². The van der Waals surface area contributed by atoms with Crippen LogP contribution in [0.25, 0.3) is 0 Å². The van der Waals surface area contributed by atoms with Gasteiger partial charge in [-0.25, -0.2) is 0 Å². The highest BCUT2D eigenvalue weighted by Gasteiger charge is 2.00. The van der Waals surface area contributed by atoms with Crippen LogP contribution in [0.3, 0.4) is 0 Å². The highest BCUT2D eigenvalue weighted by molar-refractivity contribution is 5.69. The number of carbonyl (C=O) groups is 1. The molecule has 0 aromatic heterocycles. The van der Waals surface area contributed by atoms with Crippen molar-refractivity contribution in [2.45, 2.75) is 110 Å². The second-order valence-electron chi connectivity index (χ2n) is 6.55. The lowest BCUT2D eigenvalue weighted by Gasteiger charge is -2.02. The van der Waals surface area contributed by atoms with Crippen molar-refractivity contribution < 1.29 is 9.53 Å². The Balaban J connectivity index is 3.15. The maximum Gasteiger partial charge on any atom is 0.305 e. The van der Waals surface area contributed by atoms with E-state index in [2.05, 4.69) is 19.1 Å². The van der Waals surface area contributed by atoms with E-state index in [1.165, 1.54) is 64.2 Å². The zero-order chi connectivity index (χ0) is 17.0. The van der Waals surface area contributed by atoms with E-state index in [1.807, 2.05) is 6.92 Å². The Bertz CT molecular complexity index is 271. The van der Waals surface area contributed by atoms with Crippen LogP contribution in [0.5, 0.6) is 0 Å². The van der Waals surface area contributed by atoms with Crippen LogP contribution in [0.15, 0.2) is 12.2 Å². The molecule has 0 aromatic carbocycles. The van der Waals surface area contributed by atoms with Gasteiger partial charge in [-0.3, -0.25) is 4.79 Å². The van der Waals surface area contributed by atoms with E-state index < -0.39 is 0 Å². The minimum absolute atomic E-state index is 0.0305. The van der Waals surface area contributed by atoms with E-state index in [0.717, 1.165) is 25.7 Å². The second-order valence-corrected chi connectivity index (χ2v) is 6.55. The zero-order valence-electron chi connectivity index (χ0n) is 15.8. The summed E-state index contributed by atoms with van der Waals surface area (Å²) in [6.07, 6.45) is 23.0. The lowest BCUT2D eigenvalue weighted by molar-refractivity contribution is -0.143. The summed E-state index contributed by atoms with van der Waals surface area (Å²) in [7, 11) is 0. The van der Waals surface area contributed by atoms with Gasteiger partial charge in [0.25, 0.3) is 0 Å². The molecule has 0 aliphatic rings. The standard InChI is InChI=1S/C21H40O2/c1-3-5-6-7-8-9-10-11-12-13-14-15-16-17-18-19-21(22)23-20-4-2/h13-14H,3-12,15-20H2,1-2H3/b14-13-. The average Bonchev–Trinajstić information content (AvgIpc) is 2.56. The van der Waals surface area contributed by atoms with Crippen molar-refractivity contribution in [3.63, 3.8) is 0 Å². The number of carbonyl (C=O) groups excluding carboxylic acids is 1. The molecule has 0 aromatic rings. The smallest absolute Gasteiger partial charge is 0.305 e. The SMILES string of the molecule is CCCCCCCCCC/C=C\CCCCCC(=O)OCCC. The Hall–Kier alpha value is -0.790. The highest BCUT2D eigenvalue weighted by Crippen LogP contribution is 2.10. The van der Waals surface area contributed by atoms with Gasteiger partial charge in [0.2, 0.25) is 0 Å². The molecule has 0 unspecified atom stereocenters. The van der Waals surface area contributed by atoms with Gasteiger partial charge in [0, 0.05) is 6.42 Å². The third-order valence-corrected chi connectivity index (χ3v) is 4.11. The molecule has 0 saturated heterocycles. The van der Waals surface area contributed by atoms with Gasteiger partial charge in [0.15, 0.2) is 0 Å².